The number of carbonyl (C=O) groups is 1. The first-order valence-corrected chi connectivity index (χ1v) is 13.0. The number of carboxylic acids is 1. The Morgan fingerprint density at radius 2 is 1.20 bits per heavy atom. The number of hydrogen-bond donors (Lipinski definition) is 3. The van der Waals surface area contributed by atoms with Gasteiger partial charge in [-0.05, 0) is 38.6 Å². The third-order valence-corrected chi connectivity index (χ3v) is 5.77. The number of carboxylic acid groups (broad SMARTS) is 1. The molecule has 0 heterocycles. The summed E-state index contributed by atoms with van der Waals surface area (Å²) in [6.07, 6.45) is 27.6. The fourth-order valence-electron chi connectivity index (χ4n) is 3.83. The largest absolute Gasteiger partial charge is 0.478 e. The Hall–Kier alpha value is -0.870. The quantitative estimate of drug-likeness (QED) is 0.0858. The lowest BCUT2D eigenvalue weighted by atomic mass is 10.0. The van der Waals surface area contributed by atoms with Crippen molar-refractivity contribution < 1.29 is 15.0 Å². The van der Waals surface area contributed by atoms with Crippen LogP contribution in [0.25, 0.3) is 0 Å². The van der Waals surface area contributed by atoms with E-state index in [4.69, 9.17) is 5.11 Å². The van der Waals surface area contributed by atoms with Gasteiger partial charge in [0.05, 0.1) is 0 Å². The van der Waals surface area contributed by atoms with Gasteiger partial charge in [0.1, 0.15) is 6.23 Å². The van der Waals surface area contributed by atoms with Crippen LogP contribution in [0, 0.1) is 0 Å². The summed E-state index contributed by atoms with van der Waals surface area (Å²) in [4.78, 5) is 10.3. The van der Waals surface area contributed by atoms with Crippen LogP contribution in [0.15, 0.2) is 12.2 Å². The number of allylic oxidation sites excluding steroid dienone is 1. The van der Waals surface area contributed by atoms with Gasteiger partial charge in [-0.2, -0.15) is 0 Å². The van der Waals surface area contributed by atoms with Gasteiger partial charge in [-0.15, -0.1) is 0 Å². The molecule has 0 spiro atoms. The summed E-state index contributed by atoms with van der Waals surface area (Å²) in [6, 6.07) is 0. The van der Waals surface area contributed by atoms with Crippen LogP contribution >= 0.6 is 0 Å². The highest BCUT2D eigenvalue weighted by atomic mass is 16.4. The number of rotatable bonds is 24. The third kappa shape index (κ3) is 25.2. The SMILES string of the molecule is CCCCCCCC(O)NCCCCCCCCCCCCCCC/C=C/C(=O)O. The molecule has 0 aromatic heterocycles. The number of aliphatic hydroxyl groups excluding tert-OH is 1. The van der Waals surface area contributed by atoms with E-state index >= 15 is 0 Å². The van der Waals surface area contributed by atoms with Gasteiger partial charge >= 0.3 is 5.97 Å². The average Bonchev–Trinajstić information content (AvgIpc) is 2.72. The molecule has 0 aromatic carbocycles. The lowest BCUT2D eigenvalue weighted by molar-refractivity contribution is -0.131. The van der Waals surface area contributed by atoms with E-state index in [0.29, 0.717) is 0 Å². The van der Waals surface area contributed by atoms with E-state index in [1.807, 2.05) is 0 Å². The van der Waals surface area contributed by atoms with Crippen molar-refractivity contribution >= 4 is 5.97 Å². The molecule has 0 rings (SSSR count). The highest BCUT2D eigenvalue weighted by Crippen LogP contribution is 2.13. The van der Waals surface area contributed by atoms with Crippen LogP contribution in [0.2, 0.25) is 0 Å². The number of aliphatic hydroxyl groups is 1. The van der Waals surface area contributed by atoms with E-state index in [1.54, 1.807) is 6.08 Å². The second-order valence-electron chi connectivity index (χ2n) is 8.80. The van der Waals surface area contributed by atoms with Crippen molar-refractivity contribution in [2.45, 2.75) is 142 Å². The second kappa shape index (κ2) is 24.4. The molecule has 0 saturated carbocycles. The lowest BCUT2D eigenvalue weighted by Gasteiger charge is -2.12. The number of unbranched alkanes of at least 4 members (excludes halogenated alkanes) is 17. The lowest BCUT2D eigenvalue weighted by Crippen LogP contribution is -2.29. The van der Waals surface area contributed by atoms with Crippen LogP contribution in [-0.2, 0) is 4.79 Å². The molecule has 3 N–H and O–H groups in total. The second-order valence-corrected chi connectivity index (χ2v) is 8.80. The molecule has 0 aliphatic rings. The van der Waals surface area contributed by atoms with Gasteiger partial charge in [0, 0.05) is 6.08 Å². The topological polar surface area (TPSA) is 69.6 Å². The fourth-order valence-corrected chi connectivity index (χ4v) is 3.83. The molecule has 0 aliphatic heterocycles. The predicted molar refractivity (Wildman–Crippen MR) is 129 cm³/mol. The number of aliphatic carboxylic acids is 1. The van der Waals surface area contributed by atoms with Gasteiger partial charge in [-0.3, -0.25) is 5.32 Å². The fraction of sp³-hybridized carbons (Fsp3) is 0.885. The minimum atomic E-state index is -0.842. The summed E-state index contributed by atoms with van der Waals surface area (Å²) in [5, 5.41) is 21.7. The normalized spacial score (nSPS) is 12.6. The van der Waals surface area contributed by atoms with E-state index in [9.17, 15) is 9.90 Å². The maximum atomic E-state index is 10.3. The monoisotopic (exact) mass is 425 g/mol. The first-order chi connectivity index (χ1) is 14.7. The van der Waals surface area contributed by atoms with E-state index in [0.717, 1.165) is 32.2 Å². The van der Waals surface area contributed by atoms with Crippen LogP contribution in [-0.4, -0.2) is 29.0 Å². The molecule has 0 bridgehead atoms. The first-order valence-electron chi connectivity index (χ1n) is 13.0. The minimum absolute atomic E-state index is 0.305. The van der Waals surface area contributed by atoms with E-state index in [1.165, 1.54) is 109 Å². The molecule has 4 nitrogen and oxygen atoms in total. The summed E-state index contributed by atoms with van der Waals surface area (Å²) in [6.45, 7) is 3.18. The molecule has 178 valence electrons. The van der Waals surface area contributed by atoms with Crippen molar-refractivity contribution in [2.24, 2.45) is 0 Å². The summed E-state index contributed by atoms with van der Waals surface area (Å²) < 4.78 is 0. The van der Waals surface area contributed by atoms with Crippen LogP contribution in [0.4, 0.5) is 0 Å². The van der Waals surface area contributed by atoms with Crippen LogP contribution in [0.3, 0.4) is 0 Å². The average molecular weight is 426 g/mol. The van der Waals surface area contributed by atoms with Gasteiger partial charge in [0.2, 0.25) is 0 Å². The summed E-state index contributed by atoms with van der Waals surface area (Å²) in [5.41, 5.74) is 0. The van der Waals surface area contributed by atoms with Crippen molar-refractivity contribution in [3.63, 3.8) is 0 Å². The Morgan fingerprint density at radius 3 is 1.73 bits per heavy atom. The molecule has 0 aromatic rings. The van der Waals surface area contributed by atoms with E-state index in [2.05, 4.69) is 12.2 Å². The third-order valence-electron chi connectivity index (χ3n) is 5.77. The number of nitrogens with one attached hydrogen (secondary N) is 1. The van der Waals surface area contributed by atoms with Crippen molar-refractivity contribution in [1.82, 2.24) is 5.32 Å². The maximum Gasteiger partial charge on any atom is 0.327 e. The number of hydrogen-bond acceptors (Lipinski definition) is 3. The predicted octanol–water partition coefficient (Wildman–Crippen LogP) is 7.36. The smallest absolute Gasteiger partial charge is 0.327 e. The highest BCUT2D eigenvalue weighted by Gasteiger charge is 2.02. The van der Waals surface area contributed by atoms with Crippen LogP contribution in [0.1, 0.15) is 135 Å². The Labute approximate surface area is 186 Å². The van der Waals surface area contributed by atoms with Crippen molar-refractivity contribution in [2.75, 3.05) is 6.54 Å². The van der Waals surface area contributed by atoms with Gasteiger partial charge in [0.25, 0.3) is 0 Å². The summed E-state index contributed by atoms with van der Waals surface area (Å²) in [5.74, 6) is -0.842. The minimum Gasteiger partial charge on any atom is -0.478 e. The Bertz CT molecular complexity index is 384. The molecule has 30 heavy (non-hydrogen) atoms. The van der Waals surface area contributed by atoms with Gasteiger partial charge in [0.15, 0.2) is 0 Å². The molecule has 1 atom stereocenters. The highest BCUT2D eigenvalue weighted by molar-refractivity contribution is 5.79. The molecule has 0 aliphatic carbocycles. The summed E-state index contributed by atoms with van der Waals surface area (Å²) >= 11 is 0. The zero-order chi connectivity index (χ0) is 22.1. The zero-order valence-electron chi connectivity index (χ0n) is 19.9. The maximum absolute atomic E-state index is 10.3. The van der Waals surface area contributed by atoms with Crippen LogP contribution < -0.4 is 5.32 Å². The Kier molecular flexibility index (Phi) is 23.7. The summed E-state index contributed by atoms with van der Waals surface area (Å²) in [7, 11) is 0. The van der Waals surface area contributed by atoms with Gasteiger partial charge in [-0.25, -0.2) is 4.79 Å². The Balaban J connectivity index is 3.13. The molecular weight excluding hydrogens is 374 g/mol. The molecule has 0 fully saturated rings. The molecular formula is C26H51NO3. The zero-order valence-corrected chi connectivity index (χ0v) is 19.9. The van der Waals surface area contributed by atoms with Crippen molar-refractivity contribution in [3.05, 3.63) is 12.2 Å². The molecule has 0 amide bonds. The molecule has 1 unspecified atom stereocenters. The molecule has 4 heteroatoms. The first kappa shape index (κ1) is 29.1. The standard InChI is InChI=1S/C26H51NO3/c1-2-3-4-16-19-22-25(28)27-24-21-18-15-13-11-9-7-5-6-8-10-12-14-17-20-23-26(29)30/h20,23,25,27-28H,2-19,21-22,24H2,1H3,(H,29,30)/b23-20+. The van der Waals surface area contributed by atoms with Crippen molar-refractivity contribution in [3.8, 4) is 0 Å². The van der Waals surface area contributed by atoms with Crippen LogP contribution in [0.5, 0.6) is 0 Å². The van der Waals surface area contributed by atoms with Gasteiger partial charge < -0.3 is 10.2 Å². The van der Waals surface area contributed by atoms with Gasteiger partial charge in [-0.1, -0.05) is 109 Å². The molecule has 0 saturated heterocycles. The van der Waals surface area contributed by atoms with E-state index in [-0.39, 0.29) is 6.23 Å². The Morgan fingerprint density at radius 1 is 0.733 bits per heavy atom. The van der Waals surface area contributed by atoms with Crippen molar-refractivity contribution in [1.29, 1.82) is 0 Å². The molecule has 0 radical (unpaired) electrons. The van der Waals surface area contributed by atoms with E-state index < -0.39 is 5.97 Å².